The van der Waals surface area contributed by atoms with Gasteiger partial charge in [-0.2, -0.15) is 0 Å². The van der Waals surface area contributed by atoms with E-state index in [4.69, 9.17) is 11.6 Å². The van der Waals surface area contributed by atoms with E-state index in [0.717, 1.165) is 4.88 Å². The van der Waals surface area contributed by atoms with Crippen molar-refractivity contribution < 1.29 is 4.39 Å². The largest absolute Gasteiger partial charge is 0.368 e. The third-order valence-electron chi connectivity index (χ3n) is 2.15. The summed E-state index contributed by atoms with van der Waals surface area (Å²) in [5.41, 5.74) is 0.329. The van der Waals surface area contributed by atoms with Crippen LogP contribution in [0.4, 0.5) is 10.2 Å². The number of aryl methyl sites for hydroxylation is 1. The van der Waals surface area contributed by atoms with Gasteiger partial charge in [0.1, 0.15) is 0 Å². The van der Waals surface area contributed by atoms with Crippen LogP contribution < -0.4 is 5.32 Å². The Labute approximate surface area is 108 Å². The van der Waals surface area contributed by atoms with Crippen molar-refractivity contribution in [2.75, 3.05) is 11.9 Å². The van der Waals surface area contributed by atoms with Crippen LogP contribution in [0.2, 0.25) is 4.34 Å². The van der Waals surface area contributed by atoms with Crippen LogP contribution in [0.25, 0.3) is 10.7 Å². The molecule has 0 amide bonds. The lowest BCUT2D eigenvalue weighted by molar-refractivity contribution is 0.606. The highest BCUT2D eigenvalue weighted by Gasteiger charge is 2.13. The lowest BCUT2D eigenvalue weighted by Crippen LogP contribution is -2.06. The lowest BCUT2D eigenvalue weighted by Gasteiger charge is -2.07. The summed E-state index contributed by atoms with van der Waals surface area (Å²) in [7, 11) is 0. The van der Waals surface area contributed by atoms with Gasteiger partial charge in [-0.15, -0.1) is 11.3 Å². The van der Waals surface area contributed by atoms with E-state index in [1.165, 1.54) is 11.3 Å². The Hall–Kier alpha value is -1.20. The average Bonchev–Trinajstić information content (AvgIpc) is 2.71. The van der Waals surface area contributed by atoms with Crippen molar-refractivity contribution in [3.63, 3.8) is 0 Å². The van der Waals surface area contributed by atoms with Gasteiger partial charge in [0.15, 0.2) is 17.5 Å². The van der Waals surface area contributed by atoms with Crippen molar-refractivity contribution in [2.45, 2.75) is 13.8 Å². The fourth-order valence-electron chi connectivity index (χ4n) is 1.39. The second-order valence-electron chi connectivity index (χ2n) is 3.43. The van der Waals surface area contributed by atoms with Gasteiger partial charge in [-0.1, -0.05) is 11.6 Å². The fraction of sp³-hybridized carbons (Fsp3) is 0.273. The van der Waals surface area contributed by atoms with Crippen LogP contribution >= 0.6 is 22.9 Å². The number of halogens is 2. The third-order valence-corrected chi connectivity index (χ3v) is 3.38. The Kier molecular flexibility index (Phi) is 3.59. The van der Waals surface area contributed by atoms with E-state index in [1.807, 2.05) is 13.0 Å². The van der Waals surface area contributed by atoms with E-state index in [-0.39, 0.29) is 5.82 Å². The molecule has 90 valence electrons. The molecule has 0 aliphatic rings. The van der Waals surface area contributed by atoms with Crippen LogP contribution in [0.3, 0.4) is 0 Å². The van der Waals surface area contributed by atoms with Crippen molar-refractivity contribution in [2.24, 2.45) is 0 Å². The van der Waals surface area contributed by atoms with E-state index in [1.54, 1.807) is 13.0 Å². The minimum absolute atomic E-state index is 0.236. The maximum atomic E-state index is 13.7. The minimum Gasteiger partial charge on any atom is -0.368 e. The van der Waals surface area contributed by atoms with Gasteiger partial charge in [-0.25, -0.2) is 14.4 Å². The van der Waals surface area contributed by atoms with E-state index in [2.05, 4.69) is 15.3 Å². The van der Waals surface area contributed by atoms with Gasteiger partial charge in [-0.05, 0) is 26.0 Å². The fourth-order valence-corrected chi connectivity index (χ4v) is 2.37. The van der Waals surface area contributed by atoms with Crippen LogP contribution in [0.5, 0.6) is 0 Å². The van der Waals surface area contributed by atoms with E-state index in [0.29, 0.717) is 22.4 Å². The maximum Gasteiger partial charge on any atom is 0.186 e. The molecule has 0 fully saturated rings. The van der Waals surface area contributed by atoms with Crippen LogP contribution in [0.15, 0.2) is 12.1 Å². The first-order valence-electron chi connectivity index (χ1n) is 5.15. The molecule has 0 saturated carbocycles. The molecule has 0 bridgehead atoms. The number of hydrogen-bond acceptors (Lipinski definition) is 4. The van der Waals surface area contributed by atoms with E-state index in [9.17, 15) is 4.39 Å². The average molecular weight is 272 g/mol. The highest BCUT2D eigenvalue weighted by molar-refractivity contribution is 7.19. The van der Waals surface area contributed by atoms with Gasteiger partial charge in [-0.3, -0.25) is 0 Å². The molecule has 17 heavy (non-hydrogen) atoms. The molecule has 0 radical (unpaired) electrons. The molecule has 2 heterocycles. The molecule has 0 aliphatic carbocycles. The van der Waals surface area contributed by atoms with Crippen molar-refractivity contribution in [1.29, 1.82) is 0 Å². The van der Waals surface area contributed by atoms with Crippen LogP contribution in [-0.4, -0.2) is 16.5 Å². The van der Waals surface area contributed by atoms with Gasteiger partial charge in [0.05, 0.1) is 14.9 Å². The molecule has 0 atom stereocenters. The van der Waals surface area contributed by atoms with Crippen molar-refractivity contribution >= 4 is 28.8 Å². The molecule has 2 aromatic rings. The van der Waals surface area contributed by atoms with Crippen LogP contribution in [0, 0.1) is 12.7 Å². The predicted octanol–water partition coefficient (Wildman–Crippen LogP) is 3.74. The van der Waals surface area contributed by atoms with Gasteiger partial charge in [0.2, 0.25) is 0 Å². The Morgan fingerprint density at radius 2 is 2.18 bits per heavy atom. The number of hydrogen-bond donors (Lipinski definition) is 1. The first kappa shape index (κ1) is 12.3. The second-order valence-corrected chi connectivity index (χ2v) is 5.14. The number of anilines is 1. The summed E-state index contributed by atoms with van der Waals surface area (Å²) >= 11 is 7.23. The highest BCUT2D eigenvalue weighted by Crippen LogP contribution is 2.30. The highest BCUT2D eigenvalue weighted by atomic mass is 35.5. The standard InChI is InChI=1S/C11H11ClFN3S/c1-3-14-11-9(13)6(2)15-10(16-11)7-4-5-8(12)17-7/h4-5H,3H2,1-2H3,(H,14,15,16). The second kappa shape index (κ2) is 4.98. The zero-order valence-electron chi connectivity index (χ0n) is 9.42. The molecule has 1 N–H and O–H groups in total. The molecule has 0 spiro atoms. The summed E-state index contributed by atoms with van der Waals surface area (Å²) in [5, 5.41) is 2.88. The monoisotopic (exact) mass is 271 g/mol. The lowest BCUT2D eigenvalue weighted by atomic mass is 10.3. The summed E-state index contributed by atoms with van der Waals surface area (Å²) in [6, 6.07) is 3.60. The summed E-state index contributed by atoms with van der Waals surface area (Å²) < 4.78 is 14.3. The molecule has 0 aliphatic heterocycles. The Morgan fingerprint density at radius 3 is 2.76 bits per heavy atom. The Morgan fingerprint density at radius 1 is 1.41 bits per heavy atom. The number of thiophene rings is 1. The van der Waals surface area contributed by atoms with Gasteiger partial charge >= 0.3 is 0 Å². The van der Waals surface area contributed by atoms with Crippen molar-refractivity contribution in [3.8, 4) is 10.7 Å². The Bertz CT molecular complexity index is 542. The molecule has 0 saturated heterocycles. The minimum atomic E-state index is -0.404. The van der Waals surface area contributed by atoms with E-state index < -0.39 is 5.82 Å². The van der Waals surface area contributed by atoms with Crippen LogP contribution in [0.1, 0.15) is 12.6 Å². The zero-order chi connectivity index (χ0) is 12.4. The van der Waals surface area contributed by atoms with Crippen molar-refractivity contribution in [3.05, 3.63) is 28.0 Å². The smallest absolute Gasteiger partial charge is 0.186 e. The van der Waals surface area contributed by atoms with Gasteiger partial charge < -0.3 is 5.32 Å². The van der Waals surface area contributed by atoms with E-state index >= 15 is 0 Å². The molecule has 2 aromatic heterocycles. The SMILES string of the molecule is CCNc1nc(-c2ccc(Cl)s2)nc(C)c1F. The first-order valence-corrected chi connectivity index (χ1v) is 6.35. The predicted molar refractivity (Wildman–Crippen MR) is 69.2 cm³/mol. The summed E-state index contributed by atoms with van der Waals surface area (Å²) in [6.07, 6.45) is 0. The number of rotatable bonds is 3. The summed E-state index contributed by atoms with van der Waals surface area (Å²) in [4.78, 5) is 9.12. The normalized spacial score (nSPS) is 10.6. The summed E-state index contributed by atoms with van der Waals surface area (Å²) in [5.74, 6) is 0.328. The zero-order valence-corrected chi connectivity index (χ0v) is 11.0. The molecule has 0 unspecified atom stereocenters. The maximum absolute atomic E-state index is 13.7. The van der Waals surface area contributed by atoms with Crippen molar-refractivity contribution in [1.82, 2.24) is 9.97 Å². The topological polar surface area (TPSA) is 37.8 Å². The third kappa shape index (κ3) is 2.56. The molecule has 3 nitrogen and oxygen atoms in total. The number of nitrogens with zero attached hydrogens (tertiary/aromatic N) is 2. The van der Waals surface area contributed by atoms with Gasteiger partial charge in [0.25, 0.3) is 0 Å². The molecule has 0 aromatic carbocycles. The summed E-state index contributed by atoms with van der Waals surface area (Å²) in [6.45, 7) is 4.12. The Balaban J connectivity index is 2.48. The van der Waals surface area contributed by atoms with Crippen LogP contribution in [-0.2, 0) is 0 Å². The molecular formula is C11H11ClFN3S. The first-order chi connectivity index (χ1) is 8.11. The molecule has 6 heteroatoms. The molecule has 2 rings (SSSR count). The number of aromatic nitrogens is 2. The number of nitrogens with one attached hydrogen (secondary N) is 1. The quantitative estimate of drug-likeness (QED) is 0.924. The van der Waals surface area contributed by atoms with Gasteiger partial charge in [0, 0.05) is 6.54 Å². The molecular weight excluding hydrogens is 261 g/mol.